The van der Waals surface area contributed by atoms with Gasteiger partial charge in [-0.2, -0.15) is 4.98 Å². The third-order valence-corrected chi connectivity index (χ3v) is 2.46. The van der Waals surface area contributed by atoms with Crippen LogP contribution in [0.4, 0.5) is 5.82 Å². The molecule has 96 valence electrons. The van der Waals surface area contributed by atoms with Gasteiger partial charge in [0.15, 0.2) is 5.82 Å². The summed E-state index contributed by atoms with van der Waals surface area (Å²) in [5.41, 5.74) is 4.92. The van der Waals surface area contributed by atoms with Crippen LogP contribution >= 0.6 is 0 Å². The molecule has 4 N–H and O–H groups in total. The molecule has 0 fully saturated rings. The van der Waals surface area contributed by atoms with Crippen molar-refractivity contribution >= 4 is 16.9 Å². The van der Waals surface area contributed by atoms with Gasteiger partial charge in [-0.3, -0.25) is 9.59 Å². The maximum Gasteiger partial charge on any atom is 0.314 e. The molecule has 2 aromatic rings. The Kier molecular flexibility index (Phi) is 3.31. The molecule has 0 unspecified atom stereocenters. The Morgan fingerprint density at radius 1 is 1.33 bits per heavy atom. The molecule has 7 nitrogen and oxygen atoms in total. The van der Waals surface area contributed by atoms with Crippen LogP contribution in [0.1, 0.15) is 19.8 Å². The van der Waals surface area contributed by atoms with Gasteiger partial charge in [0.25, 0.3) is 0 Å². The van der Waals surface area contributed by atoms with E-state index in [0.29, 0.717) is 23.5 Å². The van der Waals surface area contributed by atoms with E-state index in [0.717, 1.165) is 12.8 Å². The van der Waals surface area contributed by atoms with Crippen LogP contribution in [0.5, 0.6) is 5.88 Å². The fourth-order valence-electron chi connectivity index (χ4n) is 1.51. The molecule has 18 heavy (non-hydrogen) atoms. The number of nitrogens with two attached hydrogens (primary N) is 1. The topological polar surface area (TPSA) is 114 Å². The van der Waals surface area contributed by atoms with Crippen molar-refractivity contribution < 1.29 is 4.74 Å². The number of nitrogens with zero attached hydrogens (tertiary/aromatic N) is 1. The number of fused-ring (bicyclic) bond motifs is 1. The number of H-pyrrole nitrogens is 2. The lowest BCUT2D eigenvalue weighted by Crippen LogP contribution is -2.29. The monoisotopic (exact) mass is 250 g/mol. The van der Waals surface area contributed by atoms with Crippen molar-refractivity contribution in [3.8, 4) is 5.88 Å². The van der Waals surface area contributed by atoms with Crippen LogP contribution in [0.2, 0.25) is 0 Å². The predicted octanol–water partition coefficient (Wildman–Crippen LogP) is 0.372. The Hall–Kier alpha value is -2.31. The Bertz CT molecular complexity index is 674. The maximum absolute atomic E-state index is 11.2. The van der Waals surface area contributed by atoms with E-state index in [2.05, 4.69) is 15.0 Å². The number of aromatic amines is 2. The van der Waals surface area contributed by atoms with Crippen molar-refractivity contribution in [2.75, 3.05) is 12.3 Å². The number of anilines is 1. The molecule has 2 aromatic heterocycles. The second-order valence-electron chi connectivity index (χ2n) is 3.88. The fourth-order valence-corrected chi connectivity index (χ4v) is 1.51. The summed E-state index contributed by atoms with van der Waals surface area (Å²) in [4.78, 5) is 31.2. The summed E-state index contributed by atoms with van der Waals surface area (Å²) >= 11 is 0. The number of unbranched alkanes of at least 4 members (excludes halogenated alkanes) is 1. The third kappa shape index (κ3) is 2.34. The van der Waals surface area contributed by atoms with E-state index < -0.39 is 11.1 Å². The molecule has 2 heterocycles. The molecular weight excluding hydrogens is 236 g/mol. The second kappa shape index (κ2) is 4.91. The zero-order valence-electron chi connectivity index (χ0n) is 9.95. The first kappa shape index (κ1) is 12.2. The molecular formula is C11H14N4O3. The average molecular weight is 250 g/mol. The lowest BCUT2D eigenvalue weighted by molar-refractivity contribution is 0.298. The lowest BCUT2D eigenvalue weighted by Gasteiger charge is -2.07. The molecule has 0 spiro atoms. The van der Waals surface area contributed by atoms with Crippen molar-refractivity contribution in [3.05, 3.63) is 26.8 Å². The van der Waals surface area contributed by atoms with Crippen LogP contribution < -0.4 is 21.6 Å². The van der Waals surface area contributed by atoms with Crippen LogP contribution in [0.3, 0.4) is 0 Å². The molecule has 0 atom stereocenters. The van der Waals surface area contributed by atoms with E-state index >= 15 is 0 Å². The molecule has 0 saturated heterocycles. The summed E-state index contributed by atoms with van der Waals surface area (Å²) in [7, 11) is 0. The van der Waals surface area contributed by atoms with Crippen molar-refractivity contribution in [2.45, 2.75) is 19.8 Å². The van der Waals surface area contributed by atoms with Gasteiger partial charge in [0.1, 0.15) is 5.52 Å². The first-order chi connectivity index (χ1) is 8.61. The Morgan fingerprint density at radius 2 is 2.06 bits per heavy atom. The zero-order chi connectivity index (χ0) is 13.1. The zero-order valence-corrected chi connectivity index (χ0v) is 9.95. The summed E-state index contributed by atoms with van der Waals surface area (Å²) in [6, 6.07) is 1.54. The molecule has 2 rings (SSSR count). The Morgan fingerprint density at radius 3 is 2.78 bits per heavy atom. The summed E-state index contributed by atoms with van der Waals surface area (Å²) < 4.78 is 5.40. The Balaban J connectivity index is 2.45. The van der Waals surface area contributed by atoms with Crippen LogP contribution in [0.15, 0.2) is 15.7 Å². The maximum atomic E-state index is 11.2. The second-order valence-corrected chi connectivity index (χ2v) is 3.88. The predicted molar refractivity (Wildman–Crippen MR) is 67.8 cm³/mol. The van der Waals surface area contributed by atoms with Gasteiger partial charge >= 0.3 is 11.1 Å². The molecule has 0 aromatic carbocycles. The Labute approximate surface area is 102 Å². The highest BCUT2D eigenvalue weighted by Gasteiger charge is 2.07. The smallest absolute Gasteiger partial charge is 0.314 e. The van der Waals surface area contributed by atoms with Crippen LogP contribution in [-0.2, 0) is 0 Å². The van der Waals surface area contributed by atoms with Gasteiger partial charge in [0.2, 0.25) is 5.88 Å². The first-order valence-electron chi connectivity index (χ1n) is 5.67. The number of nitrogen functional groups attached to an aromatic ring is 1. The van der Waals surface area contributed by atoms with E-state index in [1.165, 1.54) is 0 Å². The minimum Gasteiger partial charge on any atom is -0.478 e. The number of hydrogen-bond donors (Lipinski definition) is 3. The summed E-state index contributed by atoms with van der Waals surface area (Å²) in [5.74, 6) is 0.448. The van der Waals surface area contributed by atoms with Gasteiger partial charge in [0.05, 0.1) is 12.1 Å². The molecule has 0 amide bonds. The lowest BCUT2D eigenvalue weighted by atomic mass is 10.3. The molecule has 0 radical (unpaired) electrons. The van der Waals surface area contributed by atoms with Gasteiger partial charge in [-0.25, -0.2) is 0 Å². The number of pyridine rings is 1. The largest absolute Gasteiger partial charge is 0.478 e. The minimum atomic E-state index is -0.754. The number of rotatable bonds is 4. The fraction of sp³-hybridized carbons (Fsp3) is 0.364. The molecule has 0 aliphatic carbocycles. The number of nitrogens with one attached hydrogen (secondary N) is 2. The summed E-state index contributed by atoms with van der Waals surface area (Å²) in [6.07, 6.45) is 1.91. The van der Waals surface area contributed by atoms with Gasteiger partial charge in [0, 0.05) is 6.07 Å². The van der Waals surface area contributed by atoms with E-state index in [1.54, 1.807) is 6.07 Å². The number of hydrogen-bond acceptors (Lipinski definition) is 5. The third-order valence-electron chi connectivity index (χ3n) is 2.46. The van der Waals surface area contributed by atoms with Crippen molar-refractivity contribution in [2.24, 2.45) is 0 Å². The molecule has 0 bridgehead atoms. The highest BCUT2D eigenvalue weighted by atomic mass is 16.5. The minimum absolute atomic E-state index is 0.118. The number of ether oxygens (including phenoxy) is 1. The van der Waals surface area contributed by atoms with Gasteiger partial charge < -0.3 is 20.4 Å². The molecule has 7 heteroatoms. The van der Waals surface area contributed by atoms with E-state index in [4.69, 9.17) is 10.5 Å². The highest BCUT2D eigenvalue weighted by molar-refractivity contribution is 5.84. The molecule has 0 aliphatic heterocycles. The average Bonchev–Trinajstić information content (AvgIpc) is 2.32. The quantitative estimate of drug-likeness (QED) is 0.536. The van der Waals surface area contributed by atoms with Crippen LogP contribution in [-0.4, -0.2) is 21.6 Å². The van der Waals surface area contributed by atoms with Gasteiger partial charge in [-0.15, -0.1) is 0 Å². The van der Waals surface area contributed by atoms with Crippen molar-refractivity contribution in [1.82, 2.24) is 15.0 Å². The van der Waals surface area contributed by atoms with E-state index in [1.807, 2.05) is 6.92 Å². The van der Waals surface area contributed by atoms with Crippen molar-refractivity contribution in [3.63, 3.8) is 0 Å². The first-order valence-corrected chi connectivity index (χ1v) is 5.67. The van der Waals surface area contributed by atoms with Crippen LogP contribution in [0, 0.1) is 0 Å². The normalized spacial score (nSPS) is 10.7. The van der Waals surface area contributed by atoms with E-state index in [9.17, 15) is 9.59 Å². The van der Waals surface area contributed by atoms with Crippen molar-refractivity contribution in [1.29, 1.82) is 0 Å². The summed E-state index contributed by atoms with van der Waals surface area (Å²) in [6.45, 7) is 2.58. The molecule has 0 saturated carbocycles. The highest BCUT2D eigenvalue weighted by Crippen LogP contribution is 2.18. The molecule has 0 aliphatic rings. The number of aromatic nitrogens is 3. The van der Waals surface area contributed by atoms with E-state index in [-0.39, 0.29) is 5.82 Å². The van der Waals surface area contributed by atoms with Gasteiger partial charge in [-0.05, 0) is 6.42 Å². The SMILES string of the molecule is CCCCOc1cc2[nH]c(=O)c(=O)[nH]c2c(N)n1. The standard InChI is InChI=1S/C11H14N4O3/c1-2-3-4-18-7-5-6-8(9(12)14-7)15-11(17)10(16)13-6/h5H,2-4H2,1H3,(H2,12,14)(H,13,16)(H,15,17). The summed E-state index contributed by atoms with van der Waals surface area (Å²) in [5, 5.41) is 0. The van der Waals surface area contributed by atoms with Gasteiger partial charge in [-0.1, -0.05) is 13.3 Å². The van der Waals surface area contributed by atoms with Crippen LogP contribution in [0.25, 0.3) is 11.0 Å².